The molecule has 1 unspecified atom stereocenters. The van der Waals surface area contributed by atoms with E-state index in [1.54, 1.807) is 12.1 Å². The van der Waals surface area contributed by atoms with Crippen molar-refractivity contribution >= 4 is 46.0 Å². The Morgan fingerprint density at radius 3 is 2.27 bits per heavy atom. The van der Waals surface area contributed by atoms with Crippen molar-refractivity contribution in [2.75, 3.05) is 4.90 Å². The minimum Gasteiger partial charge on any atom is -0.327 e. The van der Waals surface area contributed by atoms with Crippen LogP contribution < -0.4 is 4.90 Å². The highest BCUT2D eigenvalue weighted by atomic mass is 127. The SMILES string of the molecule is O=C1CC(N(C(=O)C2CC2)C2CCCCC2)C(=O)N1c1ccc(I)cc1. The van der Waals surface area contributed by atoms with Gasteiger partial charge in [0.05, 0.1) is 12.1 Å². The predicted octanol–water partition coefficient (Wildman–Crippen LogP) is 3.49. The summed E-state index contributed by atoms with van der Waals surface area (Å²) in [5, 5.41) is 0. The van der Waals surface area contributed by atoms with E-state index in [4.69, 9.17) is 0 Å². The standard InChI is InChI=1S/C20H23IN2O3/c21-14-8-10-16(11-9-14)23-18(24)12-17(20(23)26)22(19(25)13-6-7-13)15-4-2-1-3-5-15/h8-11,13,15,17H,1-7,12H2. The number of hydrogen-bond acceptors (Lipinski definition) is 3. The van der Waals surface area contributed by atoms with Crippen LogP contribution in [-0.2, 0) is 14.4 Å². The van der Waals surface area contributed by atoms with Crippen LogP contribution in [0.25, 0.3) is 0 Å². The lowest BCUT2D eigenvalue weighted by molar-refractivity contribution is -0.143. The first-order chi connectivity index (χ1) is 12.6. The molecule has 138 valence electrons. The van der Waals surface area contributed by atoms with E-state index in [0.29, 0.717) is 5.69 Å². The van der Waals surface area contributed by atoms with Crippen LogP contribution in [0.5, 0.6) is 0 Å². The number of carbonyl (C=O) groups excluding carboxylic acids is 3. The summed E-state index contributed by atoms with van der Waals surface area (Å²) in [4.78, 5) is 41.8. The van der Waals surface area contributed by atoms with E-state index < -0.39 is 6.04 Å². The number of amides is 3. The molecule has 1 aliphatic heterocycles. The van der Waals surface area contributed by atoms with E-state index in [-0.39, 0.29) is 36.1 Å². The van der Waals surface area contributed by atoms with Crippen LogP contribution >= 0.6 is 22.6 Å². The molecule has 2 aliphatic carbocycles. The molecule has 3 fully saturated rings. The average Bonchev–Trinajstić information content (AvgIpc) is 3.45. The summed E-state index contributed by atoms with van der Waals surface area (Å²) in [5.41, 5.74) is 0.602. The molecule has 1 aromatic rings. The highest BCUT2D eigenvalue weighted by molar-refractivity contribution is 14.1. The van der Waals surface area contributed by atoms with Gasteiger partial charge in [-0.3, -0.25) is 14.4 Å². The number of halogens is 1. The maximum absolute atomic E-state index is 13.1. The Balaban J connectivity index is 1.61. The van der Waals surface area contributed by atoms with Gasteiger partial charge in [0.2, 0.25) is 11.8 Å². The van der Waals surface area contributed by atoms with Gasteiger partial charge in [0, 0.05) is 15.5 Å². The molecule has 1 aromatic carbocycles. The van der Waals surface area contributed by atoms with E-state index >= 15 is 0 Å². The molecule has 0 bridgehead atoms. The molecule has 6 heteroatoms. The molecule has 0 N–H and O–H groups in total. The van der Waals surface area contributed by atoms with Crippen molar-refractivity contribution in [1.82, 2.24) is 4.90 Å². The zero-order valence-corrected chi connectivity index (χ0v) is 16.9. The van der Waals surface area contributed by atoms with Crippen LogP contribution in [0, 0.1) is 9.49 Å². The number of hydrogen-bond donors (Lipinski definition) is 0. The summed E-state index contributed by atoms with van der Waals surface area (Å²) in [6.07, 6.45) is 7.20. The molecule has 3 aliphatic rings. The molecular weight excluding hydrogens is 443 g/mol. The quantitative estimate of drug-likeness (QED) is 0.505. The van der Waals surface area contributed by atoms with Crippen molar-refractivity contribution in [2.24, 2.45) is 5.92 Å². The lowest BCUT2D eigenvalue weighted by atomic mass is 9.92. The Morgan fingerprint density at radius 2 is 1.65 bits per heavy atom. The van der Waals surface area contributed by atoms with Crippen molar-refractivity contribution < 1.29 is 14.4 Å². The minimum atomic E-state index is -0.627. The number of anilines is 1. The van der Waals surface area contributed by atoms with Crippen molar-refractivity contribution in [3.05, 3.63) is 27.8 Å². The van der Waals surface area contributed by atoms with Crippen LogP contribution in [0.2, 0.25) is 0 Å². The summed E-state index contributed by atoms with van der Waals surface area (Å²) >= 11 is 2.20. The maximum Gasteiger partial charge on any atom is 0.257 e. The van der Waals surface area contributed by atoms with Crippen LogP contribution in [0.3, 0.4) is 0 Å². The molecule has 1 saturated heterocycles. The topological polar surface area (TPSA) is 57.7 Å². The molecule has 4 rings (SSSR count). The number of carbonyl (C=O) groups is 3. The van der Waals surface area contributed by atoms with Crippen LogP contribution in [0.15, 0.2) is 24.3 Å². The fourth-order valence-corrected chi connectivity index (χ4v) is 4.54. The van der Waals surface area contributed by atoms with E-state index in [9.17, 15) is 14.4 Å². The predicted molar refractivity (Wildman–Crippen MR) is 107 cm³/mol. The van der Waals surface area contributed by atoms with Crippen LogP contribution in [0.1, 0.15) is 51.4 Å². The normalized spacial score (nSPS) is 24.2. The van der Waals surface area contributed by atoms with Gasteiger partial charge in [-0.2, -0.15) is 0 Å². The lowest BCUT2D eigenvalue weighted by Gasteiger charge is -2.37. The van der Waals surface area contributed by atoms with E-state index in [1.807, 2.05) is 17.0 Å². The summed E-state index contributed by atoms with van der Waals surface area (Å²) in [6, 6.07) is 6.85. The zero-order valence-electron chi connectivity index (χ0n) is 14.7. The molecule has 1 atom stereocenters. The van der Waals surface area contributed by atoms with Gasteiger partial charge in [0.25, 0.3) is 5.91 Å². The van der Waals surface area contributed by atoms with E-state index in [1.165, 1.54) is 11.3 Å². The molecule has 1 heterocycles. The summed E-state index contributed by atoms with van der Waals surface area (Å²) < 4.78 is 1.05. The first-order valence-electron chi connectivity index (χ1n) is 9.51. The van der Waals surface area contributed by atoms with Gasteiger partial charge in [-0.1, -0.05) is 19.3 Å². The summed E-state index contributed by atoms with van der Waals surface area (Å²) in [7, 11) is 0. The number of benzene rings is 1. The lowest BCUT2D eigenvalue weighted by Crippen LogP contribution is -2.52. The Labute approximate surface area is 167 Å². The second-order valence-electron chi connectivity index (χ2n) is 7.58. The maximum atomic E-state index is 13.1. The number of imide groups is 1. The van der Waals surface area contributed by atoms with Gasteiger partial charge in [-0.25, -0.2) is 4.90 Å². The fourth-order valence-electron chi connectivity index (χ4n) is 4.18. The smallest absolute Gasteiger partial charge is 0.257 e. The number of nitrogens with zero attached hydrogens (tertiary/aromatic N) is 2. The number of rotatable bonds is 4. The molecular formula is C20H23IN2O3. The van der Waals surface area contributed by atoms with Crippen LogP contribution in [0.4, 0.5) is 5.69 Å². The van der Waals surface area contributed by atoms with Crippen molar-refractivity contribution in [3.63, 3.8) is 0 Å². The zero-order chi connectivity index (χ0) is 18.3. The summed E-state index contributed by atoms with van der Waals surface area (Å²) in [5.74, 6) is -0.291. The Kier molecular flexibility index (Phi) is 5.03. The minimum absolute atomic E-state index is 0.0622. The molecule has 26 heavy (non-hydrogen) atoms. The molecule has 3 amide bonds. The molecule has 0 aromatic heterocycles. The second kappa shape index (κ2) is 7.29. The molecule has 5 nitrogen and oxygen atoms in total. The second-order valence-corrected chi connectivity index (χ2v) is 8.82. The van der Waals surface area contributed by atoms with Gasteiger partial charge in [0.15, 0.2) is 0 Å². The van der Waals surface area contributed by atoms with Crippen molar-refractivity contribution in [1.29, 1.82) is 0 Å². The Hall–Kier alpha value is -1.44. The summed E-state index contributed by atoms with van der Waals surface area (Å²) in [6.45, 7) is 0. The van der Waals surface area contributed by atoms with Gasteiger partial charge in [0.1, 0.15) is 6.04 Å². The van der Waals surface area contributed by atoms with Gasteiger partial charge >= 0.3 is 0 Å². The third-order valence-corrected chi connectivity index (χ3v) is 6.41. The first-order valence-corrected chi connectivity index (χ1v) is 10.6. The monoisotopic (exact) mass is 466 g/mol. The molecule has 0 radical (unpaired) electrons. The van der Waals surface area contributed by atoms with E-state index in [2.05, 4.69) is 22.6 Å². The van der Waals surface area contributed by atoms with Gasteiger partial charge < -0.3 is 4.90 Å². The van der Waals surface area contributed by atoms with E-state index in [0.717, 1.165) is 42.1 Å². The largest absolute Gasteiger partial charge is 0.327 e. The Morgan fingerprint density at radius 1 is 1.00 bits per heavy atom. The fraction of sp³-hybridized carbons (Fsp3) is 0.550. The Bertz CT molecular complexity index is 723. The van der Waals surface area contributed by atoms with Gasteiger partial charge in [-0.15, -0.1) is 0 Å². The first kappa shape index (κ1) is 17.9. The molecule has 0 spiro atoms. The molecule has 2 saturated carbocycles. The van der Waals surface area contributed by atoms with Crippen LogP contribution in [-0.4, -0.2) is 34.7 Å². The van der Waals surface area contributed by atoms with Gasteiger partial charge in [-0.05, 0) is 72.5 Å². The average molecular weight is 466 g/mol. The third-order valence-electron chi connectivity index (χ3n) is 5.69. The third kappa shape index (κ3) is 3.40. The highest BCUT2D eigenvalue weighted by Crippen LogP contribution is 2.37. The highest BCUT2D eigenvalue weighted by Gasteiger charge is 2.48. The van der Waals surface area contributed by atoms with Crippen molar-refractivity contribution in [3.8, 4) is 0 Å². The van der Waals surface area contributed by atoms with Crippen molar-refractivity contribution in [2.45, 2.75) is 63.5 Å².